The first-order chi connectivity index (χ1) is 68.3. The number of benzene rings is 10. The van der Waals surface area contributed by atoms with Crippen LogP contribution in [0.2, 0.25) is 5.02 Å². The lowest BCUT2D eigenvalue weighted by Gasteiger charge is -2.37. The van der Waals surface area contributed by atoms with Gasteiger partial charge in [0.2, 0.25) is 0 Å². The monoisotopic (exact) mass is 2060 g/mol. The Hall–Kier alpha value is -11.9. The summed E-state index contributed by atoms with van der Waals surface area (Å²) in [6, 6.07) is 68.7. The van der Waals surface area contributed by atoms with Gasteiger partial charge in [-0.05, 0) is 204 Å². The number of carbonyl (C=O) groups excluding carboxylic acids is 5. The average molecular weight is 2070 g/mol. The first-order valence-electron chi connectivity index (χ1n) is 44.8. The van der Waals surface area contributed by atoms with Crippen molar-refractivity contribution in [1.82, 2.24) is 50.2 Å². The minimum Gasteiger partial charge on any atom is -0.330 e. The standard InChI is InChI=1S/C20H23ClN4OS.3C20H22F2N4O2S.C20H23FN4O2S/c1-24(2)19(26)25-20(12-7-13-22,16-9-4-3-5-10-16)27-18(23-25)15-8-6-11-17(21)14-15;3*1-25(28-2)19(27)26-20(11-6-12-23,14-7-4-3-5-8-14)29-18(24-26)16-13-15(21)9-10-17(16)22;1-24(27-2)19(26)25-20(12-7-13-22,16-9-4-3-5-10-16)28-18(23-25)15-8-6-11-17(21)14-15/h3-6,8-11,14H,7,12-13,22H2,1-2H3;3*3-5,7-10,13H,6,11-12,23H2,1-2H3;3-6,8-11,14H,7,12-13,22H2,1-2H3. The van der Waals surface area contributed by atoms with Gasteiger partial charge >= 0.3 is 30.2 Å². The number of amides is 10. The van der Waals surface area contributed by atoms with E-state index in [-0.39, 0.29) is 43.7 Å². The summed E-state index contributed by atoms with van der Waals surface area (Å²) in [6.45, 7) is 2.24. The Labute approximate surface area is 846 Å². The van der Waals surface area contributed by atoms with Crippen molar-refractivity contribution < 1.29 is 74.1 Å². The van der Waals surface area contributed by atoms with Gasteiger partial charge in [0.1, 0.15) is 90.3 Å². The van der Waals surface area contributed by atoms with E-state index in [1.807, 2.05) is 176 Å². The van der Waals surface area contributed by atoms with Crippen molar-refractivity contribution in [2.75, 3.05) is 103 Å². The summed E-state index contributed by atoms with van der Waals surface area (Å²) < 4.78 is 98.6. The van der Waals surface area contributed by atoms with Gasteiger partial charge in [-0.3, -0.25) is 19.4 Å². The first kappa shape index (κ1) is 110. The Morgan fingerprint density at radius 2 is 0.521 bits per heavy atom. The highest BCUT2D eigenvalue weighted by Crippen LogP contribution is 2.57. The summed E-state index contributed by atoms with van der Waals surface area (Å²) in [5.74, 6) is -3.97. The summed E-state index contributed by atoms with van der Waals surface area (Å²) in [5, 5.41) is 36.2. The zero-order valence-corrected chi connectivity index (χ0v) is 84.5. The molecule has 0 radical (unpaired) electrons. The molecular weight excluding hydrogens is 1950 g/mol. The minimum atomic E-state index is -0.974. The molecule has 5 atom stereocenters. The molecule has 0 saturated heterocycles. The number of hydrazone groups is 5. The van der Waals surface area contributed by atoms with Gasteiger partial charge < -0.3 is 33.6 Å². The van der Waals surface area contributed by atoms with E-state index in [2.05, 4.69) is 20.4 Å². The number of carbonyl (C=O) groups is 5. The zero-order valence-electron chi connectivity index (χ0n) is 79.7. The molecule has 10 aromatic carbocycles. The smallest absolute Gasteiger partial charge is 0.330 e. The Bertz CT molecular complexity index is 5790. The van der Waals surface area contributed by atoms with E-state index in [1.165, 1.54) is 136 Å². The van der Waals surface area contributed by atoms with Crippen LogP contribution >= 0.6 is 70.4 Å². The lowest BCUT2D eigenvalue weighted by molar-refractivity contribution is -0.0805. The molecule has 0 fully saturated rings. The quantitative estimate of drug-likeness (QED) is 0.0215. The van der Waals surface area contributed by atoms with E-state index in [0.29, 0.717) is 106 Å². The van der Waals surface area contributed by atoms with Crippen molar-refractivity contribution in [3.8, 4) is 0 Å². The van der Waals surface area contributed by atoms with Crippen LogP contribution in [-0.2, 0) is 43.7 Å². The number of urea groups is 5. The van der Waals surface area contributed by atoms with Gasteiger partial charge in [0.25, 0.3) is 0 Å². The summed E-state index contributed by atoms with van der Waals surface area (Å²) in [5.41, 5.74) is 34.7. The number of thioether (sulfide) groups is 5. The Kier molecular flexibility index (Phi) is 39.9. The predicted octanol–water partition coefficient (Wildman–Crippen LogP) is 19.7. The second-order valence-electron chi connectivity index (χ2n) is 32.2. The third-order valence-electron chi connectivity index (χ3n) is 22.8. The lowest BCUT2D eigenvalue weighted by Crippen LogP contribution is -2.47. The molecule has 0 aromatic heterocycles. The van der Waals surface area contributed by atoms with E-state index in [1.54, 1.807) is 47.9 Å². The number of hydrogen-bond acceptors (Lipinski definition) is 24. The Morgan fingerprint density at radius 3 is 0.754 bits per heavy atom. The molecule has 142 heavy (non-hydrogen) atoms. The van der Waals surface area contributed by atoms with E-state index >= 15 is 0 Å². The molecule has 5 aliphatic rings. The number of rotatable bonds is 29. The minimum absolute atomic E-state index is 0.00146. The first-order valence-corrected chi connectivity index (χ1v) is 49.3. The largest absolute Gasteiger partial charge is 0.365 e. The van der Waals surface area contributed by atoms with Crippen LogP contribution in [0.25, 0.3) is 0 Å². The number of hydroxylamine groups is 8. The number of nitrogens with two attached hydrogens (primary N) is 5. The van der Waals surface area contributed by atoms with E-state index in [9.17, 15) is 54.7 Å². The molecule has 15 rings (SSSR count). The Balaban J connectivity index is 0.000000170. The molecule has 0 saturated carbocycles. The molecule has 0 bridgehead atoms. The van der Waals surface area contributed by atoms with Crippen molar-refractivity contribution in [2.45, 2.75) is 88.6 Å². The highest BCUT2D eigenvalue weighted by molar-refractivity contribution is 8.16. The summed E-state index contributed by atoms with van der Waals surface area (Å²) in [7, 11) is 14.9. The van der Waals surface area contributed by atoms with Crippen LogP contribution in [0.1, 0.15) is 120 Å². The summed E-state index contributed by atoms with van der Waals surface area (Å²) in [6.07, 6.45) is 5.92. The van der Waals surface area contributed by atoms with Gasteiger partial charge in [-0.15, -0.1) is 0 Å². The number of nitrogens with zero attached hydrogens (tertiary/aromatic N) is 15. The fraction of sp³-hybridized carbons (Fsp3) is 0.300. The molecule has 5 aliphatic heterocycles. The predicted molar refractivity (Wildman–Crippen MR) is 549 cm³/mol. The normalized spacial score (nSPS) is 18.8. The molecule has 42 heteroatoms. The molecule has 10 amide bonds. The van der Waals surface area contributed by atoms with Gasteiger partial charge in [0.05, 0.1) is 28.4 Å². The van der Waals surface area contributed by atoms with Crippen molar-refractivity contribution in [2.24, 2.45) is 54.2 Å². The van der Waals surface area contributed by atoms with Gasteiger partial charge in [0, 0.05) is 75.1 Å². The molecule has 0 aliphatic carbocycles. The van der Waals surface area contributed by atoms with Crippen LogP contribution in [0.3, 0.4) is 0 Å². The third-order valence-corrected chi connectivity index (χ3v) is 30.3. The van der Waals surface area contributed by atoms with Gasteiger partial charge in [-0.2, -0.15) is 50.6 Å². The number of halogens is 8. The lowest BCUT2D eigenvalue weighted by atomic mass is 10.0. The van der Waals surface area contributed by atoms with Crippen molar-refractivity contribution in [1.29, 1.82) is 0 Å². The van der Waals surface area contributed by atoms with Crippen LogP contribution in [0.15, 0.2) is 280 Å². The molecule has 0 spiro atoms. The summed E-state index contributed by atoms with van der Waals surface area (Å²) >= 11 is 12.8. The summed E-state index contributed by atoms with van der Waals surface area (Å²) in [4.78, 5) is 82.7. The second kappa shape index (κ2) is 51.4. The fourth-order valence-electron chi connectivity index (χ4n) is 15.4. The van der Waals surface area contributed by atoms with Crippen molar-refractivity contribution in [3.05, 3.63) is 356 Å². The third kappa shape index (κ3) is 25.5. The van der Waals surface area contributed by atoms with Crippen molar-refractivity contribution >= 4 is 126 Å². The molecule has 29 nitrogen and oxygen atoms in total. The topological polar surface area (TPSA) is 347 Å². The van der Waals surface area contributed by atoms with Crippen LogP contribution in [0.4, 0.5) is 54.7 Å². The van der Waals surface area contributed by atoms with Crippen molar-refractivity contribution in [3.63, 3.8) is 0 Å². The maximum absolute atomic E-state index is 14.5. The van der Waals surface area contributed by atoms with Gasteiger partial charge in [-0.25, -0.2) is 75.0 Å². The highest BCUT2D eigenvalue weighted by atomic mass is 35.5. The highest BCUT2D eigenvalue weighted by Gasteiger charge is 2.55. The maximum atomic E-state index is 14.5. The maximum Gasteiger partial charge on any atom is 0.365 e. The second-order valence-corrected chi connectivity index (χ2v) is 39.0. The fourth-order valence-corrected chi connectivity index (χ4v) is 22.6. The van der Waals surface area contributed by atoms with Crippen LogP contribution in [0.5, 0.6) is 0 Å². The molecule has 10 aromatic rings. The average Bonchev–Trinajstić information content (AvgIpc) is 1.62. The molecule has 5 unspecified atom stereocenters. The molecule has 10 N–H and O–H groups in total. The SMILES string of the molecule is CN(C)C(=O)N1N=C(c2cccc(Cl)c2)SC1(CCCN)c1ccccc1.CON(C)C(=O)N1N=C(c2cc(F)ccc2F)SC1(CCCN)c1ccccc1.CON(C)C(=O)N1N=C(c2cc(F)ccc2F)SC1(CCCN)c1ccccc1.CON(C)C(=O)N1N=C(c2cc(F)ccc2F)SC1(CCCN)c1ccccc1.CON(C)C(=O)N1N=C(c2cccc(F)c2)SC1(CCCN)c1ccccc1. The number of hydrogen-bond donors (Lipinski definition) is 5. The van der Waals surface area contributed by atoms with Crippen LogP contribution in [0, 0.1) is 40.7 Å². The molecule has 752 valence electrons. The Morgan fingerprint density at radius 1 is 0.296 bits per heavy atom. The van der Waals surface area contributed by atoms with E-state index in [0.717, 1.165) is 120 Å². The molecule has 5 heterocycles. The van der Waals surface area contributed by atoms with Gasteiger partial charge in [0.15, 0.2) is 0 Å². The van der Waals surface area contributed by atoms with E-state index in [4.69, 9.17) is 64.7 Å². The van der Waals surface area contributed by atoms with E-state index < -0.39 is 83.4 Å². The van der Waals surface area contributed by atoms with Crippen LogP contribution < -0.4 is 28.7 Å². The molecular formula is C100H112ClF7N20O9S5. The zero-order chi connectivity index (χ0) is 103. The van der Waals surface area contributed by atoms with Crippen LogP contribution in [-0.4, -0.2) is 209 Å². The van der Waals surface area contributed by atoms with Gasteiger partial charge in [-0.1, -0.05) is 246 Å².